The van der Waals surface area contributed by atoms with Crippen molar-refractivity contribution >= 4 is 5.91 Å². The first-order valence-electron chi connectivity index (χ1n) is 8.53. The number of hydrogen-bond donors (Lipinski definition) is 0. The second kappa shape index (κ2) is 6.36. The molecule has 0 spiro atoms. The summed E-state index contributed by atoms with van der Waals surface area (Å²) in [5.41, 5.74) is 3.48. The SMILES string of the molecule is Cc1nc([C@H]2CN(C(=O)c3ccc4c(c3)CCCC4)CCO2)no1. The Morgan fingerprint density at radius 1 is 1.25 bits per heavy atom. The molecule has 24 heavy (non-hydrogen) atoms. The maximum Gasteiger partial charge on any atom is 0.254 e. The van der Waals surface area contributed by atoms with Crippen LogP contribution in [-0.2, 0) is 17.6 Å². The Morgan fingerprint density at radius 2 is 2.08 bits per heavy atom. The maximum atomic E-state index is 12.9. The third-order valence-corrected chi connectivity index (χ3v) is 4.78. The number of nitrogens with zero attached hydrogens (tertiary/aromatic N) is 3. The summed E-state index contributed by atoms with van der Waals surface area (Å²) in [4.78, 5) is 18.9. The highest BCUT2D eigenvalue weighted by Crippen LogP contribution is 2.25. The highest BCUT2D eigenvalue weighted by atomic mass is 16.5. The van der Waals surface area contributed by atoms with Gasteiger partial charge in [-0.2, -0.15) is 4.98 Å². The van der Waals surface area contributed by atoms with Gasteiger partial charge in [0.15, 0.2) is 0 Å². The summed E-state index contributed by atoms with van der Waals surface area (Å²) in [6, 6.07) is 6.14. The highest BCUT2D eigenvalue weighted by molar-refractivity contribution is 5.94. The Balaban J connectivity index is 1.51. The summed E-state index contributed by atoms with van der Waals surface area (Å²) in [7, 11) is 0. The minimum Gasteiger partial charge on any atom is -0.366 e. The number of morpholine rings is 1. The summed E-state index contributed by atoms with van der Waals surface area (Å²) >= 11 is 0. The fraction of sp³-hybridized carbons (Fsp3) is 0.500. The first kappa shape index (κ1) is 15.3. The molecule has 1 aliphatic carbocycles. The van der Waals surface area contributed by atoms with Gasteiger partial charge in [-0.1, -0.05) is 11.2 Å². The van der Waals surface area contributed by atoms with Gasteiger partial charge in [0, 0.05) is 19.0 Å². The summed E-state index contributed by atoms with van der Waals surface area (Å²) in [5, 5.41) is 3.91. The molecule has 0 saturated carbocycles. The number of ether oxygens (including phenoxy) is 1. The van der Waals surface area contributed by atoms with Crippen molar-refractivity contribution in [3.05, 3.63) is 46.6 Å². The van der Waals surface area contributed by atoms with Crippen molar-refractivity contribution in [1.29, 1.82) is 0 Å². The van der Waals surface area contributed by atoms with Crippen LogP contribution in [0.5, 0.6) is 0 Å². The maximum absolute atomic E-state index is 12.9. The number of fused-ring (bicyclic) bond motifs is 1. The van der Waals surface area contributed by atoms with Crippen molar-refractivity contribution in [2.45, 2.75) is 38.7 Å². The van der Waals surface area contributed by atoms with Crippen molar-refractivity contribution in [3.8, 4) is 0 Å². The molecule has 1 atom stereocenters. The average molecular weight is 327 g/mol. The Hall–Kier alpha value is -2.21. The Labute approximate surface area is 140 Å². The lowest BCUT2D eigenvalue weighted by atomic mass is 9.90. The Morgan fingerprint density at radius 3 is 2.88 bits per heavy atom. The van der Waals surface area contributed by atoms with Crippen LogP contribution in [0.4, 0.5) is 0 Å². The number of amides is 1. The van der Waals surface area contributed by atoms with E-state index >= 15 is 0 Å². The molecule has 6 nitrogen and oxygen atoms in total. The van der Waals surface area contributed by atoms with Crippen molar-refractivity contribution in [2.75, 3.05) is 19.7 Å². The smallest absolute Gasteiger partial charge is 0.254 e. The fourth-order valence-electron chi connectivity index (χ4n) is 3.48. The van der Waals surface area contributed by atoms with E-state index in [4.69, 9.17) is 9.26 Å². The Bertz CT molecular complexity index is 756. The third-order valence-electron chi connectivity index (χ3n) is 4.78. The predicted octanol–water partition coefficient (Wildman–Crippen LogP) is 2.47. The number of aryl methyl sites for hydroxylation is 3. The van der Waals surface area contributed by atoms with Crippen LogP contribution in [0.25, 0.3) is 0 Å². The molecule has 2 heterocycles. The molecule has 0 N–H and O–H groups in total. The summed E-state index contributed by atoms with van der Waals surface area (Å²) in [6.07, 6.45) is 4.33. The number of carbonyl (C=O) groups excluding carboxylic acids is 1. The van der Waals surface area contributed by atoms with Crippen molar-refractivity contribution in [3.63, 3.8) is 0 Å². The van der Waals surface area contributed by atoms with Crippen molar-refractivity contribution in [1.82, 2.24) is 15.0 Å². The molecule has 1 aliphatic heterocycles. The van der Waals surface area contributed by atoms with Gasteiger partial charge in [0.05, 0.1) is 13.2 Å². The lowest BCUT2D eigenvalue weighted by Gasteiger charge is -2.31. The van der Waals surface area contributed by atoms with E-state index in [0.29, 0.717) is 31.4 Å². The molecule has 0 radical (unpaired) electrons. The van der Waals surface area contributed by atoms with E-state index in [9.17, 15) is 4.79 Å². The first-order valence-corrected chi connectivity index (χ1v) is 8.53. The van der Waals surface area contributed by atoms with E-state index < -0.39 is 0 Å². The minimum absolute atomic E-state index is 0.0527. The molecule has 1 fully saturated rings. The van der Waals surface area contributed by atoms with Crippen molar-refractivity contribution < 1.29 is 14.1 Å². The van der Waals surface area contributed by atoms with Gasteiger partial charge in [-0.25, -0.2) is 0 Å². The highest BCUT2D eigenvalue weighted by Gasteiger charge is 2.29. The summed E-state index contributed by atoms with van der Waals surface area (Å²) < 4.78 is 10.7. The number of hydrogen-bond acceptors (Lipinski definition) is 5. The molecule has 0 bridgehead atoms. The second-order valence-electron chi connectivity index (χ2n) is 6.47. The van der Waals surface area contributed by atoms with E-state index in [-0.39, 0.29) is 12.0 Å². The molecule has 6 heteroatoms. The topological polar surface area (TPSA) is 68.5 Å². The van der Waals surface area contributed by atoms with Gasteiger partial charge in [0.25, 0.3) is 5.91 Å². The normalized spacial score (nSPS) is 20.7. The van der Waals surface area contributed by atoms with Crippen LogP contribution in [0, 0.1) is 6.92 Å². The zero-order valence-corrected chi connectivity index (χ0v) is 13.8. The van der Waals surface area contributed by atoms with Crippen LogP contribution < -0.4 is 0 Å². The molecule has 1 aromatic carbocycles. The van der Waals surface area contributed by atoms with Crippen LogP contribution in [0.15, 0.2) is 22.7 Å². The van der Waals surface area contributed by atoms with Gasteiger partial charge < -0.3 is 14.2 Å². The fourth-order valence-corrected chi connectivity index (χ4v) is 3.48. The predicted molar refractivity (Wildman–Crippen MR) is 86.7 cm³/mol. The lowest BCUT2D eigenvalue weighted by Crippen LogP contribution is -2.42. The lowest BCUT2D eigenvalue weighted by molar-refractivity contribution is -0.0276. The molecule has 1 aromatic heterocycles. The van der Waals surface area contributed by atoms with E-state index in [2.05, 4.69) is 22.3 Å². The van der Waals surface area contributed by atoms with Gasteiger partial charge in [-0.05, 0) is 48.9 Å². The molecular weight excluding hydrogens is 306 g/mol. The molecule has 0 unspecified atom stereocenters. The molecule has 1 saturated heterocycles. The van der Waals surface area contributed by atoms with Crippen LogP contribution in [0.3, 0.4) is 0 Å². The monoisotopic (exact) mass is 327 g/mol. The molecule has 2 aliphatic rings. The van der Waals surface area contributed by atoms with Gasteiger partial charge in [-0.3, -0.25) is 4.79 Å². The minimum atomic E-state index is -0.322. The van der Waals surface area contributed by atoms with Crippen LogP contribution in [0.2, 0.25) is 0 Å². The van der Waals surface area contributed by atoms with Crippen LogP contribution in [-0.4, -0.2) is 40.6 Å². The number of rotatable bonds is 2. The van der Waals surface area contributed by atoms with Crippen molar-refractivity contribution in [2.24, 2.45) is 0 Å². The molecule has 4 rings (SSSR count). The number of aromatic nitrogens is 2. The zero-order valence-electron chi connectivity index (χ0n) is 13.8. The summed E-state index contributed by atoms with van der Waals surface area (Å²) in [5.74, 6) is 1.07. The summed E-state index contributed by atoms with van der Waals surface area (Å²) in [6.45, 7) is 3.27. The van der Waals surface area contributed by atoms with Crippen LogP contribution in [0.1, 0.15) is 52.1 Å². The van der Waals surface area contributed by atoms with E-state index in [1.807, 2.05) is 11.0 Å². The number of carbonyl (C=O) groups is 1. The largest absolute Gasteiger partial charge is 0.366 e. The number of benzene rings is 1. The van der Waals surface area contributed by atoms with E-state index in [1.165, 1.54) is 24.0 Å². The van der Waals surface area contributed by atoms with Gasteiger partial charge in [0.1, 0.15) is 6.10 Å². The Kier molecular flexibility index (Phi) is 4.06. The standard InChI is InChI=1S/C18H21N3O3/c1-12-19-17(20-24-12)16-11-21(8-9-23-16)18(22)15-7-6-13-4-2-3-5-14(13)10-15/h6-7,10,16H,2-5,8-9,11H2,1H3/t16-/m1/s1. The molecule has 1 amide bonds. The average Bonchev–Trinajstić information content (AvgIpc) is 3.07. The molecular formula is C18H21N3O3. The van der Waals surface area contributed by atoms with E-state index in [0.717, 1.165) is 18.4 Å². The first-order chi connectivity index (χ1) is 11.7. The van der Waals surface area contributed by atoms with Gasteiger partial charge >= 0.3 is 0 Å². The van der Waals surface area contributed by atoms with Crippen LogP contribution >= 0.6 is 0 Å². The third kappa shape index (κ3) is 2.94. The molecule has 126 valence electrons. The van der Waals surface area contributed by atoms with Gasteiger partial charge in [-0.15, -0.1) is 0 Å². The van der Waals surface area contributed by atoms with Gasteiger partial charge in [0.2, 0.25) is 11.7 Å². The molecule has 2 aromatic rings. The zero-order chi connectivity index (χ0) is 16.5. The second-order valence-corrected chi connectivity index (χ2v) is 6.47. The van der Waals surface area contributed by atoms with E-state index in [1.54, 1.807) is 6.92 Å². The quantitative estimate of drug-likeness (QED) is 0.847.